The summed E-state index contributed by atoms with van der Waals surface area (Å²) in [6.45, 7) is 1.84. The third-order valence-electron chi connectivity index (χ3n) is 5.01. The minimum atomic E-state index is -0.745. The normalized spacial score (nSPS) is 18.1. The Morgan fingerprint density at radius 1 is 1.13 bits per heavy atom. The summed E-state index contributed by atoms with van der Waals surface area (Å²) >= 11 is 7.54. The number of aliphatic hydroxyl groups is 1. The number of aryl methyl sites for hydroxylation is 1. The lowest BCUT2D eigenvalue weighted by atomic mass is 9.98. The van der Waals surface area contributed by atoms with Crippen LogP contribution < -0.4 is 9.64 Å². The number of halogens is 1. The first-order chi connectivity index (χ1) is 14.4. The Kier molecular flexibility index (Phi) is 5.37. The molecule has 0 spiro atoms. The summed E-state index contributed by atoms with van der Waals surface area (Å²) in [4.78, 5) is 28.2. The highest BCUT2D eigenvalue weighted by atomic mass is 35.5. The van der Waals surface area contributed by atoms with Gasteiger partial charge in [0.05, 0.1) is 12.7 Å². The van der Waals surface area contributed by atoms with Crippen LogP contribution in [0.25, 0.3) is 5.76 Å². The van der Waals surface area contributed by atoms with Crippen molar-refractivity contribution in [2.24, 2.45) is 0 Å². The fourth-order valence-electron chi connectivity index (χ4n) is 3.62. The summed E-state index contributed by atoms with van der Waals surface area (Å²) in [6.07, 6.45) is 0. The van der Waals surface area contributed by atoms with Crippen molar-refractivity contribution in [2.45, 2.75) is 13.0 Å². The van der Waals surface area contributed by atoms with Crippen molar-refractivity contribution in [1.82, 2.24) is 0 Å². The van der Waals surface area contributed by atoms with E-state index in [4.69, 9.17) is 16.3 Å². The van der Waals surface area contributed by atoms with Crippen molar-refractivity contribution >= 4 is 46.1 Å². The maximum absolute atomic E-state index is 13.0. The van der Waals surface area contributed by atoms with Gasteiger partial charge in [0, 0.05) is 21.2 Å². The second kappa shape index (κ2) is 7.97. The van der Waals surface area contributed by atoms with Crippen LogP contribution in [-0.2, 0) is 9.59 Å². The van der Waals surface area contributed by atoms with E-state index in [2.05, 4.69) is 0 Å². The van der Waals surface area contributed by atoms with Gasteiger partial charge in [-0.2, -0.15) is 0 Å². The molecule has 1 saturated heterocycles. The molecule has 1 fully saturated rings. The van der Waals surface area contributed by atoms with E-state index < -0.39 is 17.7 Å². The van der Waals surface area contributed by atoms with Crippen LogP contribution in [0.1, 0.15) is 22.0 Å². The molecule has 5 nitrogen and oxygen atoms in total. The van der Waals surface area contributed by atoms with Crippen molar-refractivity contribution in [1.29, 1.82) is 0 Å². The maximum atomic E-state index is 13.0. The van der Waals surface area contributed by atoms with Crippen LogP contribution in [0, 0.1) is 6.92 Å². The number of ether oxygens (including phenoxy) is 1. The predicted molar refractivity (Wildman–Crippen MR) is 118 cm³/mol. The molecule has 1 aliphatic heterocycles. The predicted octanol–water partition coefficient (Wildman–Crippen LogP) is 5.34. The van der Waals surface area contributed by atoms with E-state index in [1.807, 2.05) is 24.4 Å². The van der Waals surface area contributed by atoms with Gasteiger partial charge in [-0.3, -0.25) is 14.5 Å². The number of amides is 1. The summed E-state index contributed by atoms with van der Waals surface area (Å²) in [5, 5.41) is 13.4. The van der Waals surface area contributed by atoms with Crippen LogP contribution in [0.2, 0.25) is 5.02 Å². The number of carbonyl (C=O) groups excluding carboxylic acids is 2. The van der Waals surface area contributed by atoms with E-state index in [1.54, 1.807) is 49.6 Å². The number of thiophene rings is 1. The van der Waals surface area contributed by atoms with Gasteiger partial charge in [-0.25, -0.2) is 0 Å². The van der Waals surface area contributed by atoms with Crippen LogP contribution in [0.15, 0.2) is 65.6 Å². The largest absolute Gasteiger partial charge is 0.507 e. The Labute approximate surface area is 182 Å². The molecule has 1 aromatic heterocycles. The molecule has 7 heteroatoms. The molecule has 1 N–H and O–H groups in total. The maximum Gasteiger partial charge on any atom is 0.300 e. The standard InChI is InChI=1S/C23H18ClNO4S/c1-13-11-14(8-9-17(13)29-2)21(26)19-20(18-7-4-10-30-18)25(23(28)22(19)27)16-6-3-5-15(24)12-16/h3-12,20,26H,1-2H3/b21-19-. The fraction of sp³-hybridized carbons (Fsp3) is 0.130. The summed E-state index contributed by atoms with van der Waals surface area (Å²) < 4.78 is 5.27. The molecule has 1 unspecified atom stereocenters. The number of carbonyl (C=O) groups is 2. The van der Waals surface area contributed by atoms with Crippen LogP contribution in [0.3, 0.4) is 0 Å². The molecule has 1 amide bonds. The Morgan fingerprint density at radius 3 is 2.57 bits per heavy atom. The zero-order valence-electron chi connectivity index (χ0n) is 16.3. The van der Waals surface area contributed by atoms with Crippen molar-refractivity contribution in [3.63, 3.8) is 0 Å². The molecule has 1 atom stereocenters. The highest BCUT2D eigenvalue weighted by Crippen LogP contribution is 2.44. The quantitative estimate of drug-likeness (QED) is 0.338. The lowest BCUT2D eigenvalue weighted by Crippen LogP contribution is -2.29. The summed E-state index contributed by atoms with van der Waals surface area (Å²) in [7, 11) is 1.56. The Balaban J connectivity index is 1.92. The highest BCUT2D eigenvalue weighted by molar-refractivity contribution is 7.10. The average Bonchev–Trinajstić information content (AvgIpc) is 3.34. The van der Waals surface area contributed by atoms with Crippen molar-refractivity contribution < 1.29 is 19.4 Å². The molecule has 2 aromatic carbocycles. The number of benzene rings is 2. The molecular weight excluding hydrogens is 422 g/mol. The molecule has 0 aliphatic carbocycles. The number of hydrogen-bond donors (Lipinski definition) is 1. The summed E-state index contributed by atoms with van der Waals surface area (Å²) in [6, 6.07) is 14.8. The van der Waals surface area contributed by atoms with E-state index >= 15 is 0 Å². The molecule has 30 heavy (non-hydrogen) atoms. The van der Waals surface area contributed by atoms with E-state index in [-0.39, 0.29) is 11.3 Å². The van der Waals surface area contributed by atoms with Gasteiger partial charge in [0.25, 0.3) is 11.7 Å². The second-order valence-corrected chi connectivity index (χ2v) is 8.26. The van der Waals surface area contributed by atoms with Crippen LogP contribution in [-0.4, -0.2) is 23.9 Å². The highest BCUT2D eigenvalue weighted by Gasteiger charge is 2.47. The number of methoxy groups -OCH3 is 1. The van der Waals surface area contributed by atoms with Crippen LogP contribution in [0.4, 0.5) is 5.69 Å². The number of aliphatic hydroxyl groups excluding tert-OH is 1. The summed E-state index contributed by atoms with van der Waals surface area (Å²) in [5.41, 5.74) is 1.79. The topological polar surface area (TPSA) is 66.8 Å². The number of rotatable bonds is 4. The molecule has 1 aliphatic rings. The lowest BCUT2D eigenvalue weighted by Gasteiger charge is -2.24. The third kappa shape index (κ3) is 3.38. The fourth-order valence-corrected chi connectivity index (χ4v) is 4.63. The minimum Gasteiger partial charge on any atom is -0.507 e. The van der Waals surface area contributed by atoms with Crippen LogP contribution in [0.5, 0.6) is 5.75 Å². The minimum absolute atomic E-state index is 0.0481. The summed E-state index contributed by atoms with van der Waals surface area (Å²) in [5.74, 6) is -0.996. The lowest BCUT2D eigenvalue weighted by molar-refractivity contribution is -0.132. The zero-order valence-corrected chi connectivity index (χ0v) is 17.8. The Morgan fingerprint density at radius 2 is 1.93 bits per heavy atom. The first-order valence-corrected chi connectivity index (χ1v) is 10.4. The first-order valence-electron chi connectivity index (χ1n) is 9.17. The molecule has 4 rings (SSSR count). The average molecular weight is 440 g/mol. The third-order valence-corrected chi connectivity index (χ3v) is 6.17. The number of anilines is 1. The van der Waals surface area contributed by atoms with Crippen LogP contribution >= 0.6 is 22.9 Å². The molecule has 3 aromatic rings. The van der Waals surface area contributed by atoms with Gasteiger partial charge in [0.2, 0.25) is 0 Å². The van der Waals surface area contributed by atoms with E-state index in [9.17, 15) is 14.7 Å². The molecule has 2 heterocycles. The molecule has 152 valence electrons. The smallest absolute Gasteiger partial charge is 0.300 e. The van der Waals surface area contributed by atoms with E-state index in [0.29, 0.717) is 22.0 Å². The first kappa shape index (κ1) is 20.2. The van der Waals surface area contributed by atoms with Gasteiger partial charge in [-0.15, -0.1) is 11.3 Å². The number of hydrogen-bond acceptors (Lipinski definition) is 5. The number of nitrogens with zero attached hydrogens (tertiary/aromatic N) is 1. The monoisotopic (exact) mass is 439 g/mol. The molecular formula is C23H18ClNO4S. The van der Waals surface area contributed by atoms with Gasteiger partial charge in [-0.1, -0.05) is 23.7 Å². The van der Waals surface area contributed by atoms with Gasteiger partial charge in [0.1, 0.15) is 17.6 Å². The molecule has 0 bridgehead atoms. The van der Waals surface area contributed by atoms with E-state index in [0.717, 1.165) is 10.4 Å². The molecule has 0 saturated carbocycles. The van der Waals surface area contributed by atoms with Gasteiger partial charge < -0.3 is 9.84 Å². The number of Topliss-reactive ketones (excluding diaryl/α,β-unsaturated/α-hetero) is 1. The van der Waals surface area contributed by atoms with Crippen molar-refractivity contribution in [3.8, 4) is 5.75 Å². The Hall–Kier alpha value is -3.09. The van der Waals surface area contributed by atoms with Gasteiger partial charge >= 0.3 is 0 Å². The van der Waals surface area contributed by atoms with Gasteiger partial charge in [0.15, 0.2) is 0 Å². The van der Waals surface area contributed by atoms with Gasteiger partial charge in [-0.05, 0) is 60.3 Å². The van der Waals surface area contributed by atoms with Crippen molar-refractivity contribution in [2.75, 3.05) is 12.0 Å². The van der Waals surface area contributed by atoms with Crippen molar-refractivity contribution in [3.05, 3.63) is 86.6 Å². The van der Waals surface area contributed by atoms with E-state index in [1.165, 1.54) is 16.2 Å². The SMILES string of the molecule is COc1ccc(/C(O)=C2/C(=O)C(=O)N(c3cccc(Cl)c3)C2c2cccs2)cc1C. The second-order valence-electron chi connectivity index (χ2n) is 6.85. The Bertz CT molecular complexity index is 1170. The number of ketones is 1. The molecule has 0 radical (unpaired) electrons. The zero-order chi connectivity index (χ0) is 21.4.